The number of rotatable bonds is 5. The number of carbonyl (C=O) groups excluding carboxylic acids is 2. The van der Waals surface area contributed by atoms with Gasteiger partial charge in [-0.05, 0) is 44.9 Å². The zero-order valence-electron chi connectivity index (χ0n) is 10.8. The van der Waals surface area contributed by atoms with Crippen molar-refractivity contribution in [1.82, 2.24) is 0 Å². The predicted octanol–water partition coefficient (Wildman–Crippen LogP) is 2.53. The molecule has 0 bridgehead atoms. The summed E-state index contributed by atoms with van der Waals surface area (Å²) in [7, 11) is 0. The van der Waals surface area contributed by atoms with E-state index in [1.165, 1.54) is 26.0 Å². The second kappa shape index (κ2) is 5.76. The molecule has 98 valence electrons. The fourth-order valence-electron chi connectivity index (χ4n) is 1.69. The van der Waals surface area contributed by atoms with Gasteiger partial charge in [-0.15, -0.1) is 0 Å². The Balaban J connectivity index is 3.00. The molecule has 0 aromatic heterocycles. The topological polar surface area (TPSA) is 43.4 Å². The highest BCUT2D eigenvalue weighted by atomic mass is 19.1. The lowest BCUT2D eigenvalue weighted by Crippen LogP contribution is -2.38. The maximum Gasteiger partial charge on any atom is 0.319 e. The minimum absolute atomic E-state index is 0.138. The van der Waals surface area contributed by atoms with E-state index in [0.717, 1.165) is 0 Å². The van der Waals surface area contributed by atoms with Crippen LogP contribution >= 0.6 is 0 Å². The zero-order chi connectivity index (χ0) is 13.8. The summed E-state index contributed by atoms with van der Waals surface area (Å²) in [5.41, 5.74) is -0.662. The number of halogens is 1. The van der Waals surface area contributed by atoms with Crippen LogP contribution in [0.15, 0.2) is 24.3 Å². The lowest BCUT2D eigenvalue weighted by Gasteiger charge is -2.24. The Bertz CT molecular complexity index is 456. The van der Waals surface area contributed by atoms with Crippen molar-refractivity contribution in [2.75, 3.05) is 6.61 Å². The van der Waals surface area contributed by atoms with Gasteiger partial charge in [-0.1, -0.05) is 12.1 Å². The standard InChI is InChI=1S/C14H17FO3/c1-4-18-13(17)14(3,10(2)16)9-11-6-5-7-12(15)8-11/h5-8H,4,9H2,1-3H3. The minimum atomic E-state index is -1.26. The van der Waals surface area contributed by atoms with E-state index >= 15 is 0 Å². The van der Waals surface area contributed by atoms with Crippen LogP contribution in [0.25, 0.3) is 0 Å². The summed E-state index contributed by atoms with van der Waals surface area (Å²) in [4.78, 5) is 23.5. The molecule has 1 rings (SSSR count). The number of carbonyl (C=O) groups is 2. The largest absolute Gasteiger partial charge is 0.465 e. The third-order valence-corrected chi connectivity index (χ3v) is 2.95. The first kappa shape index (κ1) is 14.4. The molecule has 0 N–H and O–H groups in total. The van der Waals surface area contributed by atoms with Crippen LogP contribution in [0, 0.1) is 11.2 Å². The maximum absolute atomic E-state index is 13.1. The van der Waals surface area contributed by atoms with Crippen molar-refractivity contribution >= 4 is 11.8 Å². The molecule has 18 heavy (non-hydrogen) atoms. The summed E-state index contributed by atoms with van der Waals surface area (Å²) in [6.07, 6.45) is 0.138. The van der Waals surface area contributed by atoms with Gasteiger partial charge in [-0.2, -0.15) is 0 Å². The first-order chi connectivity index (χ1) is 8.40. The van der Waals surface area contributed by atoms with E-state index < -0.39 is 11.4 Å². The Morgan fingerprint density at radius 3 is 2.56 bits per heavy atom. The number of benzene rings is 1. The van der Waals surface area contributed by atoms with Gasteiger partial charge in [-0.25, -0.2) is 4.39 Å². The molecule has 1 atom stereocenters. The Hall–Kier alpha value is -1.71. The third kappa shape index (κ3) is 3.15. The summed E-state index contributed by atoms with van der Waals surface area (Å²) in [5, 5.41) is 0. The molecular weight excluding hydrogens is 235 g/mol. The second-order valence-corrected chi connectivity index (χ2v) is 4.42. The number of ether oxygens (including phenoxy) is 1. The van der Waals surface area contributed by atoms with Gasteiger partial charge in [-0.3, -0.25) is 9.59 Å². The predicted molar refractivity (Wildman–Crippen MR) is 65.5 cm³/mol. The van der Waals surface area contributed by atoms with Crippen molar-refractivity contribution in [2.45, 2.75) is 27.2 Å². The van der Waals surface area contributed by atoms with Crippen LogP contribution in [0.2, 0.25) is 0 Å². The van der Waals surface area contributed by atoms with E-state index in [-0.39, 0.29) is 24.6 Å². The smallest absolute Gasteiger partial charge is 0.319 e. The van der Waals surface area contributed by atoms with Crippen molar-refractivity contribution in [3.05, 3.63) is 35.6 Å². The van der Waals surface area contributed by atoms with E-state index in [2.05, 4.69) is 0 Å². The van der Waals surface area contributed by atoms with Gasteiger partial charge in [0.25, 0.3) is 0 Å². The fourth-order valence-corrected chi connectivity index (χ4v) is 1.69. The number of Topliss-reactive ketones (excluding diaryl/α,β-unsaturated/α-hetero) is 1. The number of ketones is 1. The normalized spacial score (nSPS) is 13.8. The Morgan fingerprint density at radius 1 is 1.39 bits per heavy atom. The Morgan fingerprint density at radius 2 is 2.06 bits per heavy atom. The summed E-state index contributed by atoms with van der Waals surface area (Å²) in [6, 6.07) is 5.87. The quantitative estimate of drug-likeness (QED) is 0.597. The highest BCUT2D eigenvalue weighted by Gasteiger charge is 2.39. The maximum atomic E-state index is 13.1. The van der Waals surface area contributed by atoms with Crippen LogP contribution in [0.3, 0.4) is 0 Å². The first-order valence-corrected chi connectivity index (χ1v) is 5.83. The highest BCUT2D eigenvalue weighted by molar-refractivity contribution is 6.02. The molecule has 0 aliphatic rings. The van der Waals surface area contributed by atoms with Gasteiger partial charge in [0, 0.05) is 0 Å². The molecular formula is C14H17FO3. The average molecular weight is 252 g/mol. The summed E-state index contributed by atoms with van der Waals surface area (Å²) in [6.45, 7) is 4.76. The molecule has 0 aliphatic carbocycles. The van der Waals surface area contributed by atoms with Gasteiger partial charge < -0.3 is 4.74 Å². The third-order valence-electron chi connectivity index (χ3n) is 2.95. The van der Waals surface area contributed by atoms with Crippen LogP contribution < -0.4 is 0 Å². The van der Waals surface area contributed by atoms with Crippen molar-refractivity contribution in [3.8, 4) is 0 Å². The molecule has 0 saturated carbocycles. The van der Waals surface area contributed by atoms with Crippen molar-refractivity contribution in [1.29, 1.82) is 0 Å². The van der Waals surface area contributed by atoms with E-state index in [4.69, 9.17) is 4.74 Å². The SMILES string of the molecule is CCOC(=O)C(C)(Cc1cccc(F)c1)C(C)=O. The van der Waals surface area contributed by atoms with Crippen molar-refractivity contribution in [3.63, 3.8) is 0 Å². The van der Waals surface area contributed by atoms with Crippen LogP contribution in [-0.4, -0.2) is 18.4 Å². The first-order valence-electron chi connectivity index (χ1n) is 5.83. The number of hydrogen-bond acceptors (Lipinski definition) is 3. The van der Waals surface area contributed by atoms with Crippen molar-refractivity contribution in [2.24, 2.45) is 5.41 Å². The molecule has 1 aromatic rings. The van der Waals surface area contributed by atoms with Gasteiger partial charge in [0.2, 0.25) is 0 Å². The van der Waals surface area contributed by atoms with Gasteiger partial charge in [0.15, 0.2) is 0 Å². The molecule has 0 fully saturated rings. The number of hydrogen-bond donors (Lipinski definition) is 0. The summed E-state index contributed by atoms with van der Waals surface area (Å²) < 4.78 is 18.0. The monoisotopic (exact) mass is 252 g/mol. The fraction of sp³-hybridized carbons (Fsp3) is 0.429. The lowest BCUT2D eigenvalue weighted by molar-refractivity contribution is -0.158. The van der Waals surface area contributed by atoms with Crippen molar-refractivity contribution < 1.29 is 18.7 Å². The van der Waals surface area contributed by atoms with Gasteiger partial charge in [0.05, 0.1) is 6.61 Å². The van der Waals surface area contributed by atoms with Crippen LogP contribution in [0.1, 0.15) is 26.3 Å². The summed E-state index contributed by atoms with van der Waals surface area (Å²) in [5.74, 6) is -1.24. The van der Waals surface area contributed by atoms with E-state index in [0.29, 0.717) is 5.56 Å². The Kier molecular flexibility index (Phi) is 4.59. The van der Waals surface area contributed by atoms with E-state index in [1.807, 2.05) is 0 Å². The number of esters is 1. The van der Waals surface area contributed by atoms with E-state index in [1.54, 1.807) is 19.1 Å². The zero-order valence-corrected chi connectivity index (χ0v) is 10.8. The molecule has 0 spiro atoms. The van der Waals surface area contributed by atoms with Crippen LogP contribution in [-0.2, 0) is 20.7 Å². The molecule has 0 aliphatic heterocycles. The molecule has 1 unspecified atom stereocenters. The second-order valence-electron chi connectivity index (χ2n) is 4.42. The molecule has 0 heterocycles. The average Bonchev–Trinajstić information content (AvgIpc) is 2.28. The molecule has 0 radical (unpaired) electrons. The van der Waals surface area contributed by atoms with Gasteiger partial charge >= 0.3 is 5.97 Å². The van der Waals surface area contributed by atoms with E-state index in [9.17, 15) is 14.0 Å². The molecule has 0 saturated heterocycles. The van der Waals surface area contributed by atoms with Gasteiger partial charge in [0.1, 0.15) is 17.0 Å². The highest BCUT2D eigenvalue weighted by Crippen LogP contribution is 2.26. The molecule has 4 heteroatoms. The molecule has 0 amide bonds. The Labute approximate surface area is 106 Å². The molecule has 1 aromatic carbocycles. The molecule has 3 nitrogen and oxygen atoms in total. The van der Waals surface area contributed by atoms with Crippen LogP contribution in [0.4, 0.5) is 4.39 Å². The summed E-state index contributed by atoms with van der Waals surface area (Å²) >= 11 is 0. The van der Waals surface area contributed by atoms with Crippen LogP contribution in [0.5, 0.6) is 0 Å². The lowest BCUT2D eigenvalue weighted by atomic mass is 9.80. The minimum Gasteiger partial charge on any atom is -0.465 e.